The lowest BCUT2D eigenvalue weighted by atomic mass is 10.2. The highest BCUT2D eigenvalue weighted by Gasteiger charge is 2.26. The molecule has 1 atom stereocenters. The summed E-state index contributed by atoms with van der Waals surface area (Å²) in [5, 5.41) is 9.89. The highest BCUT2D eigenvalue weighted by Crippen LogP contribution is 2.30. The second-order valence-corrected chi connectivity index (χ2v) is 7.62. The van der Waals surface area contributed by atoms with Crippen LogP contribution in [0.15, 0.2) is 22.7 Å². The summed E-state index contributed by atoms with van der Waals surface area (Å²) >= 11 is 3.05. The predicted octanol–water partition coefficient (Wildman–Crippen LogP) is 2.22. The summed E-state index contributed by atoms with van der Waals surface area (Å²) in [5.41, 5.74) is 0.0734. The number of carbonyl (C=O) groups is 1. The zero-order valence-corrected chi connectivity index (χ0v) is 13.8. The molecule has 1 unspecified atom stereocenters. The second kappa shape index (κ2) is 6.99. The van der Waals surface area contributed by atoms with Crippen molar-refractivity contribution in [3.63, 3.8) is 0 Å². The Hall–Kier alpha value is -1.48. The number of ether oxygens (including phenoxy) is 1. The lowest BCUT2D eigenvalue weighted by Crippen LogP contribution is -2.23. The Morgan fingerprint density at radius 1 is 1.48 bits per heavy atom. The molecule has 116 valence electrons. The van der Waals surface area contributed by atoms with Gasteiger partial charge in [-0.05, 0) is 28.4 Å². The first-order valence-corrected chi connectivity index (χ1v) is 8.40. The van der Waals surface area contributed by atoms with E-state index < -0.39 is 31.7 Å². The SMILES string of the molecule is COC(=O)CC(C)S(=O)(=O)Cc1cccc([N+](=O)[O-])c1Br. The summed E-state index contributed by atoms with van der Waals surface area (Å²) in [5.74, 6) is -1.02. The number of hydrogen-bond acceptors (Lipinski definition) is 6. The van der Waals surface area contributed by atoms with Gasteiger partial charge in [0.2, 0.25) is 0 Å². The fourth-order valence-electron chi connectivity index (χ4n) is 1.62. The molecule has 0 aliphatic carbocycles. The minimum Gasteiger partial charge on any atom is -0.469 e. The van der Waals surface area contributed by atoms with Crippen molar-refractivity contribution in [2.24, 2.45) is 0 Å². The Bertz CT molecular complexity index is 658. The number of methoxy groups -OCH3 is 1. The molecule has 0 aliphatic rings. The maximum Gasteiger partial charge on any atom is 0.306 e. The van der Waals surface area contributed by atoms with Crippen molar-refractivity contribution >= 4 is 37.4 Å². The van der Waals surface area contributed by atoms with Gasteiger partial charge >= 0.3 is 5.97 Å². The molecule has 21 heavy (non-hydrogen) atoms. The number of nitrogens with zero attached hydrogens (tertiary/aromatic N) is 1. The lowest BCUT2D eigenvalue weighted by Gasteiger charge is -2.12. The molecule has 0 amide bonds. The van der Waals surface area contributed by atoms with Gasteiger partial charge in [0.15, 0.2) is 9.84 Å². The van der Waals surface area contributed by atoms with Gasteiger partial charge in [0.05, 0.1) is 33.9 Å². The van der Waals surface area contributed by atoms with Gasteiger partial charge in [-0.3, -0.25) is 14.9 Å². The van der Waals surface area contributed by atoms with Crippen LogP contribution in [-0.4, -0.2) is 31.7 Å². The molecule has 0 heterocycles. The van der Waals surface area contributed by atoms with Crippen LogP contribution in [-0.2, 0) is 25.1 Å². The zero-order chi connectivity index (χ0) is 16.2. The standard InChI is InChI=1S/C12H14BrNO6S/c1-8(6-11(15)20-2)21(18,19)7-9-4-3-5-10(12(9)13)14(16)17/h3-5,8H,6-7H2,1-2H3. The third-order valence-corrected chi connectivity index (χ3v) is 5.93. The maximum atomic E-state index is 12.2. The van der Waals surface area contributed by atoms with Crippen LogP contribution in [0.2, 0.25) is 0 Å². The van der Waals surface area contributed by atoms with Crippen LogP contribution in [0.5, 0.6) is 0 Å². The number of carbonyl (C=O) groups excluding carboxylic acids is 1. The molecule has 0 N–H and O–H groups in total. The molecule has 1 aromatic carbocycles. The molecule has 0 aliphatic heterocycles. The zero-order valence-electron chi connectivity index (χ0n) is 11.4. The van der Waals surface area contributed by atoms with Crippen molar-refractivity contribution in [3.8, 4) is 0 Å². The Morgan fingerprint density at radius 2 is 2.10 bits per heavy atom. The molecule has 1 rings (SSSR count). The van der Waals surface area contributed by atoms with Crippen molar-refractivity contribution in [2.45, 2.75) is 24.3 Å². The van der Waals surface area contributed by atoms with E-state index in [0.29, 0.717) is 0 Å². The lowest BCUT2D eigenvalue weighted by molar-refractivity contribution is -0.385. The van der Waals surface area contributed by atoms with E-state index in [1.807, 2.05) is 0 Å². The Balaban J connectivity index is 3.02. The van der Waals surface area contributed by atoms with Crippen LogP contribution in [0.3, 0.4) is 0 Å². The van der Waals surface area contributed by atoms with E-state index >= 15 is 0 Å². The summed E-state index contributed by atoms with van der Waals surface area (Å²) in [4.78, 5) is 21.4. The minimum atomic E-state index is -3.64. The van der Waals surface area contributed by atoms with Crippen molar-refractivity contribution in [2.75, 3.05) is 7.11 Å². The van der Waals surface area contributed by atoms with Crippen LogP contribution in [0.25, 0.3) is 0 Å². The number of sulfone groups is 1. The fraction of sp³-hybridized carbons (Fsp3) is 0.417. The van der Waals surface area contributed by atoms with Crippen LogP contribution >= 0.6 is 15.9 Å². The van der Waals surface area contributed by atoms with E-state index in [2.05, 4.69) is 20.7 Å². The number of halogens is 1. The highest BCUT2D eigenvalue weighted by molar-refractivity contribution is 9.10. The predicted molar refractivity (Wildman–Crippen MR) is 79.5 cm³/mol. The largest absolute Gasteiger partial charge is 0.469 e. The second-order valence-electron chi connectivity index (χ2n) is 4.41. The smallest absolute Gasteiger partial charge is 0.306 e. The van der Waals surface area contributed by atoms with Crippen LogP contribution in [0.1, 0.15) is 18.9 Å². The van der Waals surface area contributed by atoms with Crippen molar-refractivity contribution < 1.29 is 22.9 Å². The summed E-state index contributed by atoms with van der Waals surface area (Å²) in [6, 6.07) is 4.18. The van der Waals surface area contributed by atoms with E-state index in [-0.39, 0.29) is 22.1 Å². The topological polar surface area (TPSA) is 104 Å². The molecular formula is C12H14BrNO6S. The van der Waals surface area contributed by atoms with Gasteiger partial charge in [0.25, 0.3) is 5.69 Å². The van der Waals surface area contributed by atoms with Crippen LogP contribution in [0.4, 0.5) is 5.69 Å². The summed E-state index contributed by atoms with van der Waals surface area (Å²) in [7, 11) is -2.46. The van der Waals surface area contributed by atoms with Crippen LogP contribution < -0.4 is 0 Å². The average molecular weight is 380 g/mol. The summed E-state index contributed by atoms with van der Waals surface area (Å²) < 4.78 is 28.9. The average Bonchev–Trinajstić information content (AvgIpc) is 2.40. The van der Waals surface area contributed by atoms with Crippen molar-refractivity contribution in [1.82, 2.24) is 0 Å². The molecule has 7 nitrogen and oxygen atoms in total. The van der Waals surface area contributed by atoms with Gasteiger partial charge in [-0.2, -0.15) is 0 Å². The molecule has 0 bridgehead atoms. The molecule has 0 radical (unpaired) electrons. The van der Waals surface area contributed by atoms with Gasteiger partial charge in [-0.15, -0.1) is 0 Å². The van der Waals surface area contributed by atoms with Gasteiger partial charge in [0, 0.05) is 6.07 Å². The van der Waals surface area contributed by atoms with E-state index in [4.69, 9.17) is 0 Å². The monoisotopic (exact) mass is 379 g/mol. The number of esters is 1. The molecule has 0 spiro atoms. The molecule has 0 saturated heterocycles. The Kier molecular flexibility index (Phi) is 5.85. The number of rotatable bonds is 6. The van der Waals surface area contributed by atoms with Crippen molar-refractivity contribution in [3.05, 3.63) is 38.3 Å². The third-order valence-electron chi connectivity index (χ3n) is 2.91. The molecule has 0 fully saturated rings. The van der Waals surface area contributed by atoms with Gasteiger partial charge in [-0.25, -0.2) is 8.42 Å². The molecule has 1 aromatic rings. The van der Waals surface area contributed by atoms with E-state index in [1.54, 1.807) is 0 Å². The number of benzene rings is 1. The summed E-state index contributed by atoms with van der Waals surface area (Å²) in [6.07, 6.45) is -0.259. The maximum absolute atomic E-state index is 12.2. The minimum absolute atomic E-state index is 0.129. The number of nitro benzene ring substituents is 1. The first-order chi connectivity index (χ1) is 9.69. The highest BCUT2D eigenvalue weighted by atomic mass is 79.9. The number of hydrogen-bond donors (Lipinski definition) is 0. The van der Waals surface area contributed by atoms with Gasteiger partial charge in [0.1, 0.15) is 0 Å². The van der Waals surface area contributed by atoms with E-state index in [0.717, 1.165) is 0 Å². The third kappa shape index (κ3) is 4.50. The van der Waals surface area contributed by atoms with E-state index in [9.17, 15) is 23.3 Å². The normalized spacial score (nSPS) is 12.7. The molecule has 9 heteroatoms. The fourth-order valence-corrected chi connectivity index (χ4v) is 3.71. The quantitative estimate of drug-likeness (QED) is 0.426. The first-order valence-electron chi connectivity index (χ1n) is 5.89. The molecular weight excluding hydrogens is 366 g/mol. The van der Waals surface area contributed by atoms with Gasteiger partial charge < -0.3 is 4.74 Å². The number of nitro groups is 1. The Labute approximate surface area is 130 Å². The van der Waals surface area contributed by atoms with Crippen LogP contribution in [0, 0.1) is 10.1 Å². The summed E-state index contributed by atoms with van der Waals surface area (Å²) in [6.45, 7) is 1.40. The first kappa shape index (κ1) is 17.6. The Morgan fingerprint density at radius 3 is 2.62 bits per heavy atom. The molecule has 0 saturated carbocycles. The molecule has 0 aromatic heterocycles. The van der Waals surface area contributed by atoms with Gasteiger partial charge in [-0.1, -0.05) is 12.1 Å². The van der Waals surface area contributed by atoms with Crippen molar-refractivity contribution in [1.29, 1.82) is 0 Å². The van der Waals surface area contributed by atoms with E-state index in [1.165, 1.54) is 32.2 Å².